The summed E-state index contributed by atoms with van der Waals surface area (Å²) >= 11 is 1.61. The van der Waals surface area contributed by atoms with E-state index in [0.717, 1.165) is 30.0 Å². The number of hydrogen-bond acceptors (Lipinski definition) is 4. The van der Waals surface area contributed by atoms with E-state index in [-0.39, 0.29) is 5.91 Å². The monoisotopic (exact) mass is 318 g/mol. The molecule has 0 radical (unpaired) electrons. The molecule has 0 aliphatic carbocycles. The molecule has 2 aromatic heterocycles. The summed E-state index contributed by atoms with van der Waals surface area (Å²) in [4.78, 5) is 22.8. The van der Waals surface area contributed by atoms with E-state index in [0.29, 0.717) is 18.5 Å². The number of amides is 1. The summed E-state index contributed by atoms with van der Waals surface area (Å²) in [5.74, 6) is 0.244. The molecule has 22 heavy (non-hydrogen) atoms. The van der Waals surface area contributed by atoms with E-state index >= 15 is 0 Å². The van der Waals surface area contributed by atoms with Crippen LogP contribution >= 0.6 is 11.3 Å². The van der Waals surface area contributed by atoms with Gasteiger partial charge in [-0.3, -0.25) is 9.20 Å². The van der Waals surface area contributed by atoms with Crippen molar-refractivity contribution >= 4 is 22.2 Å². The minimum atomic E-state index is 0.244. The van der Waals surface area contributed by atoms with Gasteiger partial charge in [0.1, 0.15) is 0 Å². The number of nitrogens with zero attached hydrogens (tertiary/aromatic N) is 4. The molecule has 6 heteroatoms. The van der Waals surface area contributed by atoms with Crippen molar-refractivity contribution in [2.75, 3.05) is 20.1 Å². The van der Waals surface area contributed by atoms with E-state index in [1.165, 1.54) is 19.4 Å². The van der Waals surface area contributed by atoms with Gasteiger partial charge < -0.3 is 9.80 Å². The molecule has 0 aromatic carbocycles. The van der Waals surface area contributed by atoms with Crippen molar-refractivity contribution in [3.63, 3.8) is 0 Å². The second-order valence-corrected chi connectivity index (χ2v) is 7.36. The molecule has 0 saturated carbocycles. The fraction of sp³-hybridized carbons (Fsp3) is 0.625. The molecule has 0 bridgehead atoms. The summed E-state index contributed by atoms with van der Waals surface area (Å²) in [6, 6.07) is 0.959. The molecule has 2 aliphatic heterocycles. The Morgan fingerprint density at radius 2 is 2.14 bits per heavy atom. The first-order valence-electron chi connectivity index (χ1n) is 8.13. The van der Waals surface area contributed by atoms with Crippen molar-refractivity contribution in [2.24, 2.45) is 0 Å². The Morgan fingerprint density at radius 1 is 1.32 bits per heavy atom. The number of carbonyl (C=O) groups excluding carboxylic acids is 1. The van der Waals surface area contributed by atoms with E-state index < -0.39 is 0 Å². The van der Waals surface area contributed by atoms with Crippen molar-refractivity contribution in [1.82, 2.24) is 19.2 Å². The van der Waals surface area contributed by atoms with Crippen LogP contribution in [0, 0.1) is 0 Å². The largest absolute Gasteiger partial charge is 0.338 e. The lowest BCUT2D eigenvalue weighted by Gasteiger charge is -2.33. The molecule has 5 nitrogen and oxygen atoms in total. The number of aromatic nitrogens is 2. The van der Waals surface area contributed by atoms with Crippen LogP contribution in [0.4, 0.5) is 0 Å². The Balaban J connectivity index is 1.47. The number of fused-ring (bicyclic) bond motifs is 1. The molecule has 118 valence electrons. The third-order valence-corrected chi connectivity index (χ3v) is 5.89. The Kier molecular flexibility index (Phi) is 3.66. The molecular weight excluding hydrogens is 296 g/mol. The molecule has 0 unspecified atom stereocenters. The number of thiazole rings is 1. The van der Waals surface area contributed by atoms with Crippen LogP contribution in [0.25, 0.3) is 4.96 Å². The quantitative estimate of drug-likeness (QED) is 0.869. The van der Waals surface area contributed by atoms with Crippen LogP contribution < -0.4 is 0 Å². The van der Waals surface area contributed by atoms with Crippen LogP contribution in [0.15, 0.2) is 17.8 Å². The lowest BCUT2D eigenvalue weighted by Crippen LogP contribution is -2.47. The molecule has 2 fully saturated rings. The van der Waals surface area contributed by atoms with Crippen molar-refractivity contribution in [3.8, 4) is 0 Å². The molecule has 4 rings (SSSR count). The maximum Gasteiger partial charge on any atom is 0.228 e. The average Bonchev–Trinajstić information content (AvgIpc) is 3.19. The zero-order valence-electron chi connectivity index (χ0n) is 12.9. The second kappa shape index (κ2) is 5.66. The Hall–Kier alpha value is -1.40. The summed E-state index contributed by atoms with van der Waals surface area (Å²) in [5, 5.41) is 2.01. The average molecular weight is 318 g/mol. The lowest BCUT2D eigenvalue weighted by atomic mass is 10.0. The third-order valence-electron chi connectivity index (χ3n) is 5.12. The maximum absolute atomic E-state index is 12.7. The van der Waals surface area contributed by atoms with Crippen molar-refractivity contribution in [2.45, 2.75) is 44.2 Å². The van der Waals surface area contributed by atoms with E-state index in [1.54, 1.807) is 11.3 Å². The first kappa shape index (κ1) is 14.2. The normalized spacial score (nSPS) is 26.3. The van der Waals surface area contributed by atoms with Gasteiger partial charge in [0.25, 0.3) is 0 Å². The molecule has 2 aromatic rings. The summed E-state index contributed by atoms with van der Waals surface area (Å²) < 4.78 is 2.00. The van der Waals surface area contributed by atoms with E-state index in [1.807, 2.05) is 22.2 Å². The van der Waals surface area contributed by atoms with Crippen LogP contribution in [0.2, 0.25) is 0 Å². The fourth-order valence-electron chi connectivity index (χ4n) is 4.04. The van der Waals surface area contributed by atoms with Crippen molar-refractivity contribution in [3.05, 3.63) is 23.5 Å². The Labute approximate surface area is 134 Å². The van der Waals surface area contributed by atoms with Gasteiger partial charge in [0.15, 0.2) is 4.96 Å². The summed E-state index contributed by atoms with van der Waals surface area (Å²) in [7, 11) is 2.20. The second-order valence-electron chi connectivity index (χ2n) is 6.49. The van der Waals surface area contributed by atoms with Crippen molar-refractivity contribution in [1.29, 1.82) is 0 Å². The standard InChI is InChI=1S/C16H22N4OS/c1-18-6-2-4-13(18)14-5-3-7-20(14)15(21)10-12-11-19-8-9-22-16(19)17-12/h8-9,11,13-14H,2-7,10H2,1H3/t13-,14-/m0/s1. The van der Waals surface area contributed by atoms with Gasteiger partial charge in [-0.05, 0) is 39.3 Å². The molecule has 2 saturated heterocycles. The van der Waals surface area contributed by atoms with Gasteiger partial charge in [-0.2, -0.15) is 0 Å². The van der Waals surface area contributed by atoms with Crippen LogP contribution in [-0.4, -0.2) is 57.3 Å². The number of likely N-dealkylation sites (N-methyl/N-ethyl adjacent to an activating group) is 1. The molecule has 2 atom stereocenters. The summed E-state index contributed by atoms with van der Waals surface area (Å²) in [5.41, 5.74) is 0.891. The minimum Gasteiger partial charge on any atom is -0.338 e. The van der Waals surface area contributed by atoms with E-state index in [2.05, 4.69) is 21.8 Å². The summed E-state index contributed by atoms with van der Waals surface area (Å²) in [6.45, 7) is 2.08. The Bertz CT molecular complexity index is 650. The van der Waals surface area contributed by atoms with E-state index in [4.69, 9.17) is 0 Å². The fourth-order valence-corrected chi connectivity index (χ4v) is 4.76. The predicted octanol–water partition coefficient (Wildman–Crippen LogP) is 2.02. The third kappa shape index (κ3) is 2.44. The van der Waals surface area contributed by atoms with Crippen LogP contribution in [0.5, 0.6) is 0 Å². The zero-order valence-corrected chi connectivity index (χ0v) is 13.8. The van der Waals surface area contributed by atoms with Gasteiger partial charge in [0.05, 0.1) is 12.1 Å². The van der Waals surface area contributed by atoms with Gasteiger partial charge in [0, 0.05) is 36.4 Å². The molecule has 1 amide bonds. The highest BCUT2D eigenvalue weighted by Gasteiger charge is 2.38. The number of likely N-dealkylation sites (tertiary alicyclic amines) is 2. The highest BCUT2D eigenvalue weighted by atomic mass is 32.1. The maximum atomic E-state index is 12.7. The van der Waals surface area contributed by atoms with Crippen LogP contribution in [-0.2, 0) is 11.2 Å². The molecule has 4 heterocycles. The van der Waals surface area contributed by atoms with Gasteiger partial charge >= 0.3 is 0 Å². The van der Waals surface area contributed by atoms with Gasteiger partial charge in [-0.25, -0.2) is 4.98 Å². The topological polar surface area (TPSA) is 40.9 Å². The lowest BCUT2D eigenvalue weighted by molar-refractivity contribution is -0.132. The zero-order chi connectivity index (χ0) is 15.1. The number of carbonyl (C=O) groups is 1. The van der Waals surface area contributed by atoms with E-state index in [9.17, 15) is 4.79 Å². The van der Waals surface area contributed by atoms with Gasteiger partial charge in [-0.1, -0.05) is 0 Å². The SMILES string of the molecule is CN1CCC[C@H]1[C@@H]1CCCN1C(=O)Cc1cn2ccsc2n1. The smallest absolute Gasteiger partial charge is 0.228 e. The van der Waals surface area contributed by atoms with Crippen molar-refractivity contribution < 1.29 is 4.79 Å². The number of rotatable bonds is 3. The predicted molar refractivity (Wildman–Crippen MR) is 87.2 cm³/mol. The highest BCUT2D eigenvalue weighted by Crippen LogP contribution is 2.29. The molecule has 2 aliphatic rings. The number of hydrogen-bond donors (Lipinski definition) is 0. The molecule has 0 spiro atoms. The first-order chi connectivity index (χ1) is 10.7. The number of imidazole rings is 1. The molecular formula is C16H22N4OS. The van der Waals surface area contributed by atoms with Gasteiger partial charge in [0.2, 0.25) is 5.91 Å². The van der Waals surface area contributed by atoms with Gasteiger partial charge in [-0.15, -0.1) is 11.3 Å². The minimum absolute atomic E-state index is 0.244. The van der Waals surface area contributed by atoms with Crippen LogP contribution in [0.1, 0.15) is 31.4 Å². The van der Waals surface area contributed by atoms with Crippen LogP contribution in [0.3, 0.4) is 0 Å². The summed E-state index contributed by atoms with van der Waals surface area (Å²) in [6.07, 6.45) is 9.19. The Morgan fingerprint density at radius 3 is 2.91 bits per heavy atom. The first-order valence-corrected chi connectivity index (χ1v) is 9.01. The molecule has 0 N–H and O–H groups in total. The highest BCUT2D eigenvalue weighted by molar-refractivity contribution is 7.15.